The van der Waals surface area contributed by atoms with E-state index in [0.29, 0.717) is 18.7 Å². The summed E-state index contributed by atoms with van der Waals surface area (Å²) < 4.78 is 0.976. The van der Waals surface area contributed by atoms with Gasteiger partial charge < -0.3 is 4.90 Å². The highest BCUT2D eigenvalue weighted by Gasteiger charge is 2.21. The van der Waals surface area contributed by atoms with Gasteiger partial charge in [-0.3, -0.25) is 4.79 Å². The number of ketones is 1. The smallest absolute Gasteiger partial charge is 0.153 e. The maximum absolute atomic E-state index is 11.1. The lowest BCUT2D eigenvalue weighted by molar-refractivity contribution is -0.116. The van der Waals surface area contributed by atoms with E-state index in [1.54, 1.807) is 6.20 Å². The van der Waals surface area contributed by atoms with Gasteiger partial charge in [0.15, 0.2) is 5.78 Å². The van der Waals surface area contributed by atoms with Crippen LogP contribution in [0.5, 0.6) is 0 Å². The standard InChI is InChI=1S/C10H11BrN2O/c1-7-4-8(11)5-12-10(7)13-3-2-9(14)6-13/h4-5H,2-3,6H2,1H3. The van der Waals surface area contributed by atoms with Gasteiger partial charge in [0.05, 0.1) is 6.54 Å². The van der Waals surface area contributed by atoms with Gasteiger partial charge in [0.1, 0.15) is 5.82 Å². The van der Waals surface area contributed by atoms with Crippen molar-refractivity contribution in [3.05, 3.63) is 22.3 Å². The van der Waals surface area contributed by atoms with E-state index in [2.05, 4.69) is 20.9 Å². The van der Waals surface area contributed by atoms with Crippen molar-refractivity contribution >= 4 is 27.5 Å². The van der Waals surface area contributed by atoms with Crippen LogP contribution in [0.3, 0.4) is 0 Å². The third-order valence-corrected chi connectivity index (χ3v) is 2.78. The van der Waals surface area contributed by atoms with Gasteiger partial charge in [-0.05, 0) is 34.5 Å². The molecule has 0 unspecified atom stereocenters. The molecule has 0 spiro atoms. The molecule has 0 aliphatic carbocycles. The fourth-order valence-corrected chi connectivity index (χ4v) is 2.12. The zero-order valence-corrected chi connectivity index (χ0v) is 9.54. The van der Waals surface area contributed by atoms with Crippen LogP contribution in [0.2, 0.25) is 0 Å². The van der Waals surface area contributed by atoms with E-state index in [1.807, 2.05) is 17.9 Å². The third kappa shape index (κ3) is 1.80. The topological polar surface area (TPSA) is 33.2 Å². The number of rotatable bonds is 1. The second-order valence-corrected chi connectivity index (χ2v) is 4.42. The molecule has 1 aromatic heterocycles. The van der Waals surface area contributed by atoms with Gasteiger partial charge in [-0.25, -0.2) is 4.98 Å². The Hall–Kier alpha value is -0.900. The van der Waals surface area contributed by atoms with Gasteiger partial charge in [-0.15, -0.1) is 0 Å². The predicted octanol–water partition coefficient (Wildman–Crippen LogP) is 1.93. The Morgan fingerprint density at radius 3 is 2.93 bits per heavy atom. The first-order valence-electron chi connectivity index (χ1n) is 4.55. The number of hydrogen-bond acceptors (Lipinski definition) is 3. The Bertz CT molecular complexity index is 378. The van der Waals surface area contributed by atoms with Crippen LogP contribution in [-0.2, 0) is 4.79 Å². The lowest BCUT2D eigenvalue weighted by atomic mass is 10.3. The van der Waals surface area contributed by atoms with Crippen molar-refractivity contribution in [2.24, 2.45) is 0 Å². The molecule has 0 radical (unpaired) electrons. The molecule has 74 valence electrons. The number of carbonyl (C=O) groups is 1. The van der Waals surface area contributed by atoms with Gasteiger partial charge in [-0.2, -0.15) is 0 Å². The van der Waals surface area contributed by atoms with E-state index in [0.717, 1.165) is 22.4 Å². The number of carbonyl (C=O) groups excluding carboxylic acids is 1. The molecule has 2 rings (SSSR count). The van der Waals surface area contributed by atoms with Crippen molar-refractivity contribution in [3.8, 4) is 0 Å². The molecular weight excluding hydrogens is 244 g/mol. The van der Waals surface area contributed by atoms with Gasteiger partial charge in [0.2, 0.25) is 0 Å². The number of aryl methyl sites for hydroxylation is 1. The first-order chi connectivity index (χ1) is 6.66. The largest absolute Gasteiger partial charge is 0.349 e. The molecule has 0 N–H and O–H groups in total. The van der Waals surface area contributed by atoms with Crippen LogP contribution < -0.4 is 4.90 Å². The van der Waals surface area contributed by atoms with Crippen molar-refractivity contribution in [1.82, 2.24) is 4.98 Å². The second kappa shape index (κ2) is 3.69. The minimum Gasteiger partial charge on any atom is -0.349 e. The summed E-state index contributed by atoms with van der Waals surface area (Å²) in [5, 5.41) is 0. The fraction of sp³-hybridized carbons (Fsp3) is 0.400. The van der Waals surface area contributed by atoms with E-state index in [-0.39, 0.29) is 0 Å². The first kappa shape index (κ1) is 9.65. The van der Waals surface area contributed by atoms with E-state index >= 15 is 0 Å². The Morgan fingerprint density at radius 2 is 2.36 bits per heavy atom. The molecule has 0 aromatic carbocycles. The van der Waals surface area contributed by atoms with Crippen LogP contribution in [0.4, 0.5) is 5.82 Å². The number of Topliss-reactive ketones (excluding diaryl/α,β-unsaturated/α-hetero) is 1. The summed E-state index contributed by atoms with van der Waals surface area (Å²) in [5.41, 5.74) is 1.11. The summed E-state index contributed by atoms with van der Waals surface area (Å²) in [6, 6.07) is 2.02. The minimum atomic E-state index is 0.300. The normalized spacial score (nSPS) is 16.4. The summed E-state index contributed by atoms with van der Waals surface area (Å²) in [5.74, 6) is 1.23. The maximum atomic E-state index is 11.1. The summed E-state index contributed by atoms with van der Waals surface area (Å²) in [6.45, 7) is 3.32. The number of pyridine rings is 1. The summed E-state index contributed by atoms with van der Waals surface area (Å²) in [7, 11) is 0. The van der Waals surface area contributed by atoms with Gasteiger partial charge in [0.25, 0.3) is 0 Å². The molecule has 4 heteroatoms. The number of nitrogens with zero attached hydrogens (tertiary/aromatic N) is 2. The number of hydrogen-bond donors (Lipinski definition) is 0. The Labute approximate surface area is 91.3 Å². The first-order valence-corrected chi connectivity index (χ1v) is 5.35. The summed E-state index contributed by atoms with van der Waals surface area (Å²) in [6.07, 6.45) is 2.42. The van der Waals surface area contributed by atoms with Crippen LogP contribution in [-0.4, -0.2) is 23.9 Å². The fourth-order valence-electron chi connectivity index (χ4n) is 1.68. The van der Waals surface area contributed by atoms with Crippen molar-refractivity contribution in [1.29, 1.82) is 0 Å². The predicted molar refractivity (Wildman–Crippen MR) is 58.5 cm³/mol. The highest BCUT2D eigenvalue weighted by atomic mass is 79.9. The molecule has 2 heterocycles. The molecule has 0 bridgehead atoms. The van der Waals surface area contributed by atoms with E-state index < -0.39 is 0 Å². The zero-order chi connectivity index (χ0) is 10.1. The van der Waals surface area contributed by atoms with Gasteiger partial charge in [0, 0.05) is 23.6 Å². The van der Waals surface area contributed by atoms with Crippen molar-refractivity contribution in [2.45, 2.75) is 13.3 Å². The molecule has 1 aliphatic rings. The Morgan fingerprint density at radius 1 is 1.57 bits per heavy atom. The molecular formula is C10H11BrN2O. The van der Waals surface area contributed by atoms with Gasteiger partial charge in [-0.1, -0.05) is 0 Å². The second-order valence-electron chi connectivity index (χ2n) is 3.50. The Kier molecular flexibility index (Phi) is 2.54. The molecule has 3 nitrogen and oxygen atoms in total. The van der Waals surface area contributed by atoms with Crippen LogP contribution in [0, 0.1) is 6.92 Å². The average Bonchev–Trinajstić information content (AvgIpc) is 2.51. The SMILES string of the molecule is Cc1cc(Br)cnc1N1CCC(=O)C1. The van der Waals surface area contributed by atoms with Crippen LogP contribution in [0.25, 0.3) is 0 Å². The average molecular weight is 255 g/mol. The molecule has 1 fully saturated rings. The van der Waals surface area contributed by atoms with Gasteiger partial charge >= 0.3 is 0 Å². The zero-order valence-electron chi connectivity index (χ0n) is 7.96. The third-order valence-electron chi connectivity index (χ3n) is 2.34. The highest BCUT2D eigenvalue weighted by Crippen LogP contribution is 2.22. The monoisotopic (exact) mass is 254 g/mol. The minimum absolute atomic E-state index is 0.300. The van der Waals surface area contributed by atoms with Crippen LogP contribution >= 0.6 is 15.9 Å². The van der Waals surface area contributed by atoms with Crippen molar-refractivity contribution in [3.63, 3.8) is 0 Å². The van der Waals surface area contributed by atoms with E-state index in [9.17, 15) is 4.79 Å². The molecule has 1 saturated heterocycles. The van der Waals surface area contributed by atoms with E-state index in [4.69, 9.17) is 0 Å². The molecule has 0 atom stereocenters. The van der Waals surface area contributed by atoms with Crippen LogP contribution in [0.1, 0.15) is 12.0 Å². The van der Waals surface area contributed by atoms with E-state index in [1.165, 1.54) is 0 Å². The lowest BCUT2D eigenvalue weighted by Gasteiger charge is -2.17. The highest BCUT2D eigenvalue weighted by molar-refractivity contribution is 9.10. The molecule has 0 amide bonds. The molecule has 1 aliphatic heterocycles. The molecule has 0 saturated carbocycles. The molecule has 14 heavy (non-hydrogen) atoms. The van der Waals surface area contributed by atoms with Crippen LogP contribution in [0.15, 0.2) is 16.7 Å². The van der Waals surface area contributed by atoms with Crippen molar-refractivity contribution in [2.75, 3.05) is 18.0 Å². The summed E-state index contributed by atoms with van der Waals surface area (Å²) in [4.78, 5) is 17.5. The summed E-state index contributed by atoms with van der Waals surface area (Å²) >= 11 is 3.37. The number of aromatic nitrogens is 1. The molecule has 1 aromatic rings. The maximum Gasteiger partial charge on any atom is 0.153 e. The lowest BCUT2D eigenvalue weighted by Crippen LogP contribution is -2.21. The van der Waals surface area contributed by atoms with Crippen molar-refractivity contribution < 1.29 is 4.79 Å². The number of halogens is 1. The Balaban J connectivity index is 2.28. The quantitative estimate of drug-likeness (QED) is 0.768. The number of anilines is 1.